The predicted octanol–water partition coefficient (Wildman–Crippen LogP) is 15.6. The van der Waals surface area contributed by atoms with Gasteiger partial charge in [-0.1, -0.05) is 341 Å². The molecular formula is C72H141NO13. The number of aliphatic hydroxyl groups is 8. The van der Waals surface area contributed by atoms with E-state index in [1.165, 1.54) is 283 Å². The first kappa shape index (κ1) is 81.1. The molecule has 0 spiro atoms. The first-order chi connectivity index (χ1) is 42.1. The van der Waals surface area contributed by atoms with Gasteiger partial charge in [-0.25, -0.2) is 0 Å². The molecule has 0 saturated carbocycles. The first-order valence-corrected chi connectivity index (χ1v) is 37.3. The van der Waals surface area contributed by atoms with Gasteiger partial charge in [0, 0.05) is 6.42 Å². The zero-order valence-electron chi connectivity index (χ0n) is 55.9. The Kier molecular flexibility index (Phi) is 54.5. The van der Waals surface area contributed by atoms with Crippen molar-refractivity contribution in [3.63, 3.8) is 0 Å². The summed E-state index contributed by atoms with van der Waals surface area (Å²) < 4.78 is 22.9. The number of hydrogen-bond acceptors (Lipinski definition) is 13. The standard InChI is InChI=1S/C72H141NO13/c1-3-5-7-9-11-13-15-17-19-21-22-23-24-25-26-27-28-29-30-31-32-33-34-35-36-37-38-39-40-42-44-46-48-50-52-54-56-64(77)73-60(61(76)55-53-51-49-47-45-43-41-20-18-16-14-12-10-8-6-4-2)59-83-71-69(82)67(80)70(63(58-75)85-71)86-72-68(81)66(79)65(78)62(57-74)84-72/h60-63,65-72,74-76,78-82H,3-59H2,1-2H3,(H,73,77)/t60-,61+,62+,63+,65-,66?,67?,68?,69?,70+,71+,72-/m0/s1. The third kappa shape index (κ3) is 41.5. The molecule has 12 atom stereocenters. The lowest BCUT2D eigenvalue weighted by molar-refractivity contribution is -0.359. The number of carbonyl (C=O) groups excluding carboxylic acids is 1. The quantitative estimate of drug-likeness (QED) is 0.0259. The highest BCUT2D eigenvalue weighted by molar-refractivity contribution is 5.76. The van der Waals surface area contributed by atoms with Crippen LogP contribution < -0.4 is 5.32 Å². The number of aliphatic hydroxyl groups excluding tert-OH is 8. The molecule has 86 heavy (non-hydrogen) atoms. The Morgan fingerprint density at radius 1 is 0.372 bits per heavy atom. The molecule has 4 unspecified atom stereocenters. The second kappa shape index (κ2) is 57.9. The summed E-state index contributed by atoms with van der Waals surface area (Å²) in [6, 6.07) is -0.824. The number of ether oxygens (including phenoxy) is 4. The summed E-state index contributed by atoms with van der Waals surface area (Å²) in [4.78, 5) is 13.3. The number of hydrogen-bond donors (Lipinski definition) is 9. The molecular weight excluding hydrogens is 1090 g/mol. The van der Waals surface area contributed by atoms with Gasteiger partial charge in [0.05, 0.1) is 32.0 Å². The van der Waals surface area contributed by atoms with Gasteiger partial charge in [-0.15, -0.1) is 0 Å². The lowest BCUT2D eigenvalue weighted by atomic mass is 9.97. The molecule has 512 valence electrons. The minimum atomic E-state index is -1.78. The summed E-state index contributed by atoms with van der Waals surface area (Å²) >= 11 is 0. The average Bonchev–Trinajstić information content (AvgIpc) is 2.21. The highest BCUT2D eigenvalue weighted by Crippen LogP contribution is 2.30. The molecule has 1 amide bonds. The summed E-state index contributed by atoms with van der Waals surface area (Å²) in [6.45, 7) is 2.92. The van der Waals surface area contributed by atoms with Gasteiger partial charge in [0.25, 0.3) is 0 Å². The molecule has 2 heterocycles. The average molecular weight is 1230 g/mol. The molecule has 14 nitrogen and oxygen atoms in total. The van der Waals surface area contributed by atoms with Crippen LogP contribution in [0.4, 0.5) is 0 Å². The van der Waals surface area contributed by atoms with E-state index in [2.05, 4.69) is 19.2 Å². The van der Waals surface area contributed by atoms with Crippen molar-refractivity contribution in [2.45, 2.75) is 434 Å². The van der Waals surface area contributed by atoms with Crippen molar-refractivity contribution in [3.05, 3.63) is 0 Å². The fourth-order valence-electron chi connectivity index (χ4n) is 12.9. The van der Waals surface area contributed by atoms with Crippen LogP contribution in [0.2, 0.25) is 0 Å². The van der Waals surface area contributed by atoms with Crippen LogP contribution in [0, 0.1) is 0 Å². The molecule has 0 radical (unpaired) electrons. The Hall–Kier alpha value is -1.01. The van der Waals surface area contributed by atoms with Crippen molar-refractivity contribution in [1.29, 1.82) is 0 Å². The van der Waals surface area contributed by atoms with Crippen LogP contribution in [0.3, 0.4) is 0 Å². The Balaban J connectivity index is 1.56. The summed E-state index contributed by atoms with van der Waals surface area (Å²) in [7, 11) is 0. The van der Waals surface area contributed by atoms with Gasteiger partial charge in [-0.2, -0.15) is 0 Å². The molecule has 0 aliphatic carbocycles. The van der Waals surface area contributed by atoms with E-state index in [9.17, 15) is 45.6 Å². The van der Waals surface area contributed by atoms with Crippen LogP contribution >= 0.6 is 0 Å². The number of carbonyl (C=O) groups is 1. The van der Waals surface area contributed by atoms with E-state index in [1.807, 2.05) is 0 Å². The third-order valence-corrected chi connectivity index (χ3v) is 18.8. The van der Waals surface area contributed by atoms with E-state index in [-0.39, 0.29) is 12.5 Å². The zero-order chi connectivity index (χ0) is 62.3. The monoisotopic (exact) mass is 1230 g/mol. The predicted molar refractivity (Wildman–Crippen MR) is 351 cm³/mol. The van der Waals surface area contributed by atoms with Crippen molar-refractivity contribution < 1.29 is 64.6 Å². The minimum absolute atomic E-state index is 0.197. The van der Waals surface area contributed by atoms with E-state index < -0.39 is 86.8 Å². The molecule has 2 rings (SSSR count). The van der Waals surface area contributed by atoms with Gasteiger partial charge in [0.15, 0.2) is 12.6 Å². The fourth-order valence-corrected chi connectivity index (χ4v) is 12.9. The van der Waals surface area contributed by atoms with E-state index in [1.54, 1.807) is 0 Å². The molecule has 2 fully saturated rings. The lowest BCUT2D eigenvalue weighted by Crippen LogP contribution is -2.65. The van der Waals surface area contributed by atoms with Gasteiger partial charge >= 0.3 is 0 Å². The number of nitrogens with one attached hydrogen (secondary N) is 1. The van der Waals surface area contributed by atoms with E-state index in [4.69, 9.17) is 18.9 Å². The van der Waals surface area contributed by atoms with Crippen LogP contribution in [0.5, 0.6) is 0 Å². The second-order valence-electron chi connectivity index (χ2n) is 26.8. The number of unbranched alkanes of at least 4 members (excludes halogenated alkanes) is 50. The Labute approximate surface area is 527 Å². The molecule has 14 heteroatoms. The molecule has 0 aromatic carbocycles. The number of rotatable bonds is 63. The molecule has 0 aromatic rings. The van der Waals surface area contributed by atoms with Crippen LogP contribution in [0.1, 0.15) is 361 Å². The molecule has 9 N–H and O–H groups in total. The van der Waals surface area contributed by atoms with Gasteiger partial charge in [0.1, 0.15) is 48.8 Å². The third-order valence-electron chi connectivity index (χ3n) is 18.8. The fraction of sp³-hybridized carbons (Fsp3) is 0.986. The van der Waals surface area contributed by atoms with Gasteiger partial charge < -0.3 is 65.1 Å². The van der Waals surface area contributed by atoms with E-state index in [0.29, 0.717) is 12.8 Å². The maximum atomic E-state index is 13.3. The minimum Gasteiger partial charge on any atom is -0.394 e. The van der Waals surface area contributed by atoms with Crippen molar-refractivity contribution in [3.8, 4) is 0 Å². The van der Waals surface area contributed by atoms with Crippen molar-refractivity contribution in [2.24, 2.45) is 0 Å². The Bertz CT molecular complexity index is 1450. The molecule has 2 saturated heterocycles. The highest BCUT2D eigenvalue weighted by Gasteiger charge is 2.51. The first-order valence-electron chi connectivity index (χ1n) is 37.3. The Morgan fingerprint density at radius 2 is 0.663 bits per heavy atom. The summed E-state index contributed by atoms with van der Waals surface area (Å²) in [6.07, 6.45) is 52.9. The largest absolute Gasteiger partial charge is 0.394 e. The van der Waals surface area contributed by atoms with Crippen LogP contribution in [0.25, 0.3) is 0 Å². The number of amides is 1. The van der Waals surface area contributed by atoms with Gasteiger partial charge in [-0.3, -0.25) is 4.79 Å². The smallest absolute Gasteiger partial charge is 0.220 e. The second-order valence-corrected chi connectivity index (χ2v) is 26.8. The normalized spacial score (nSPS) is 23.3. The molecule has 0 aromatic heterocycles. The molecule has 2 aliphatic rings. The SMILES string of the molecule is CCCCCCCCCCCCCCCCCCCCCCCCCCCCCCCCCCCCCCC(=O)N[C@@H](CO[C@@H]1O[C@H](CO)[C@@H](O[C@@H]2O[C@H](CO)[C@H](O)C(O)C2O)C(O)C1O)[C@H](O)CCCCCCCCCCCCCCCCCC. The van der Waals surface area contributed by atoms with Crippen LogP contribution in [-0.4, -0.2) is 140 Å². The van der Waals surface area contributed by atoms with Crippen LogP contribution in [0.15, 0.2) is 0 Å². The van der Waals surface area contributed by atoms with Crippen molar-refractivity contribution in [1.82, 2.24) is 5.32 Å². The molecule has 2 aliphatic heterocycles. The zero-order valence-corrected chi connectivity index (χ0v) is 55.9. The summed E-state index contributed by atoms with van der Waals surface area (Å²) in [5.41, 5.74) is 0. The summed E-state index contributed by atoms with van der Waals surface area (Å²) in [5, 5.41) is 87.6. The van der Waals surface area contributed by atoms with Gasteiger partial charge in [-0.05, 0) is 12.8 Å². The Morgan fingerprint density at radius 3 is 0.988 bits per heavy atom. The highest BCUT2D eigenvalue weighted by atomic mass is 16.7. The lowest BCUT2D eigenvalue weighted by Gasteiger charge is -2.46. The van der Waals surface area contributed by atoms with Crippen LogP contribution in [-0.2, 0) is 23.7 Å². The maximum Gasteiger partial charge on any atom is 0.220 e. The topological polar surface area (TPSA) is 228 Å². The van der Waals surface area contributed by atoms with Gasteiger partial charge in [0.2, 0.25) is 5.91 Å². The van der Waals surface area contributed by atoms with Crippen molar-refractivity contribution >= 4 is 5.91 Å². The maximum absolute atomic E-state index is 13.3. The molecule has 0 bridgehead atoms. The van der Waals surface area contributed by atoms with Crippen molar-refractivity contribution in [2.75, 3.05) is 19.8 Å². The van der Waals surface area contributed by atoms with E-state index >= 15 is 0 Å². The van der Waals surface area contributed by atoms with E-state index in [0.717, 1.165) is 51.4 Å². The summed E-state index contributed by atoms with van der Waals surface area (Å²) in [5.74, 6) is -0.197.